The third-order valence-electron chi connectivity index (χ3n) is 4.14. The van der Waals surface area contributed by atoms with Crippen molar-refractivity contribution in [3.63, 3.8) is 0 Å². The average molecular weight is 406 g/mol. The Morgan fingerprint density at radius 1 is 1.26 bits per heavy atom. The van der Waals surface area contributed by atoms with Crippen LogP contribution in [0.2, 0.25) is 10.0 Å². The second kappa shape index (κ2) is 7.98. The lowest BCUT2D eigenvalue weighted by Crippen LogP contribution is -2.21. The Balaban J connectivity index is 1.69. The van der Waals surface area contributed by atoms with Gasteiger partial charge in [-0.15, -0.1) is 0 Å². The summed E-state index contributed by atoms with van der Waals surface area (Å²) in [6.07, 6.45) is 3.12. The molecule has 3 rings (SSSR count). The van der Waals surface area contributed by atoms with Crippen LogP contribution in [0.3, 0.4) is 0 Å². The fourth-order valence-corrected chi connectivity index (χ4v) is 3.08. The number of carbonyl (C=O) groups is 2. The molecule has 0 bridgehead atoms. The van der Waals surface area contributed by atoms with E-state index in [1.807, 2.05) is 35.8 Å². The molecule has 0 radical (unpaired) electrons. The average Bonchev–Trinajstić information content (AvgIpc) is 3.05. The monoisotopic (exact) mass is 405 g/mol. The van der Waals surface area contributed by atoms with E-state index in [-0.39, 0.29) is 10.8 Å². The summed E-state index contributed by atoms with van der Waals surface area (Å²) in [7, 11) is 0. The van der Waals surface area contributed by atoms with Crippen LogP contribution in [0.1, 0.15) is 22.8 Å². The molecule has 0 saturated heterocycles. The number of aryl methyl sites for hydroxylation is 1. The zero-order chi connectivity index (χ0) is 19.6. The Kier molecular flexibility index (Phi) is 5.68. The van der Waals surface area contributed by atoms with E-state index in [0.29, 0.717) is 22.7 Å². The third-order valence-corrected chi connectivity index (χ3v) is 4.99. The number of halogens is 2. The molecule has 6 nitrogen and oxygen atoms in total. The lowest BCUT2D eigenvalue weighted by Gasteiger charge is -2.09. The van der Waals surface area contributed by atoms with Crippen LogP contribution in [0.5, 0.6) is 0 Å². The van der Waals surface area contributed by atoms with Gasteiger partial charge in [-0.2, -0.15) is 0 Å². The van der Waals surface area contributed by atoms with Gasteiger partial charge in [0.1, 0.15) is 0 Å². The number of nitrogens with one attached hydrogen (secondary N) is 1. The Labute approximate surface area is 166 Å². The number of hydrogen-bond acceptors (Lipinski definition) is 4. The SMILES string of the molecule is CCn1cc(C(=O)OCC(=O)Nc2ncc(Cl)c(C)c2Cl)c2ccccc21. The van der Waals surface area contributed by atoms with Crippen LogP contribution < -0.4 is 5.32 Å². The molecule has 1 amide bonds. The number of amides is 1. The van der Waals surface area contributed by atoms with Crippen molar-refractivity contribution in [3.05, 3.63) is 57.8 Å². The molecule has 0 spiro atoms. The van der Waals surface area contributed by atoms with Crippen molar-refractivity contribution >= 4 is 51.8 Å². The smallest absolute Gasteiger partial charge is 0.340 e. The maximum Gasteiger partial charge on any atom is 0.340 e. The first kappa shape index (κ1) is 19.2. The number of aromatic nitrogens is 2. The number of carbonyl (C=O) groups excluding carboxylic acids is 2. The largest absolute Gasteiger partial charge is 0.452 e. The summed E-state index contributed by atoms with van der Waals surface area (Å²) < 4.78 is 7.11. The normalized spacial score (nSPS) is 10.8. The van der Waals surface area contributed by atoms with Gasteiger partial charge in [-0.05, 0) is 25.5 Å². The van der Waals surface area contributed by atoms with E-state index < -0.39 is 18.5 Å². The van der Waals surface area contributed by atoms with Gasteiger partial charge in [0.2, 0.25) is 0 Å². The van der Waals surface area contributed by atoms with Crippen LogP contribution in [-0.2, 0) is 16.1 Å². The molecule has 0 unspecified atom stereocenters. The summed E-state index contributed by atoms with van der Waals surface area (Å²) in [6, 6.07) is 7.53. The van der Waals surface area contributed by atoms with Crippen molar-refractivity contribution in [1.29, 1.82) is 0 Å². The molecule has 1 N–H and O–H groups in total. The van der Waals surface area contributed by atoms with Gasteiger partial charge in [0, 0.05) is 29.8 Å². The van der Waals surface area contributed by atoms with E-state index in [1.54, 1.807) is 13.1 Å². The number of esters is 1. The Morgan fingerprint density at radius 3 is 2.74 bits per heavy atom. The fraction of sp³-hybridized carbons (Fsp3) is 0.211. The summed E-state index contributed by atoms with van der Waals surface area (Å²) in [4.78, 5) is 28.5. The topological polar surface area (TPSA) is 73.2 Å². The lowest BCUT2D eigenvalue weighted by atomic mass is 10.2. The van der Waals surface area contributed by atoms with E-state index in [2.05, 4.69) is 10.3 Å². The van der Waals surface area contributed by atoms with Gasteiger partial charge in [-0.25, -0.2) is 9.78 Å². The lowest BCUT2D eigenvalue weighted by molar-refractivity contribution is -0.119. The van der Waals surface area contributed by atoms with Crippen LogP contribution >= 0.6 is 23.2 Å². The molecule has 140 valence electrons. The Morgan fingerprint density at radius 2 is 2.00 bits per heavy atom. The minimum Gasteiger partial charge on any atom is -0.452 e. The molecular formula is C19H17Cl2N3O3. The quantitative estimate of drug-likeness (QED) is 0.635. The number of rotatable bonds is 5. The number of anilines is 1. The van der Waals surface area contributed by atoms with Crippen LogP contribution in [0.15, 0.2) is 36.7 Å². The molecule has 0 atom stereocenters. The van der Waals surface area contributed by atoms with Crippen molar-refractivity contribution < 1.29 is 14.3 Å². The molecule has 8 heteroatoms. The van der Waals surface area contributed by atoms with Crippen molar-refractivity contribution in [3.8, 4) is 0 Å². The van der Waals surface area contributed by atoms with E-state index in [1.165, 1.54) is 6.20 Å². The Bertz CT molecular complexity index is 1030. The number of hydrogen-bond donors (Lipinski definition) is 1. The number of fused-ring (bicyclic) bond motifs is 1. The molecule has 0 fully saturated rings. The van der Waals surface area contributed by atoms with Gasteiger partial charge in [0.05, 0.1) is 15.6 Å². The predicted molar refractivity (Wildman–Crippen MR) is 106 cm³/mol. The van der Waals surface area contributed by atoms with Crippen molar-refractivity contribution in [2.75, 3.05) is 11.9 Å². The number of ether oxygens (including phenoxy) is 1. The van der Waals surface area contributed by atoms with E-state index in [0.717, 1.165) is 10.9 Å². The van der Waals surface area contributed by atoms with Crippen LogP contribution in [0.25, 0.3) is 10.9 Å². The second-order valence-corrected chi connectivity index (χ2v) is 6.65. The third kappa shape index (κ3) is 3.91. The first-order valence-electron chi connectivity index (χ1n) is 8.27. The van der Waals surface area contributed by atoms with Crippen molar-refractivity contribution in [2.24, 2.45) is 0 Å². The summed E-state index contributed by atoms with van der Waals surface area (Å²) in [5.74, 6) is -0.944. The van der Waals surface area contributed by atoms with Gasteiger partial charge in [0.25, 0.3) is 5.91 Å². The maximum absolute atomic E-state index is 12.4. The molecule has 0 saturated carbocycles. The summed E-state index contributed by atoms with van der Waals surface area (Å²) >= 11 is 12.0. The predicted octanol–water partition coefficient (Wildman–Crippen LogP) is 4.47. The van der Waals surface area contributed by atoms with Crippen LogP contribution in [-0.4, -0.2) is 28.0 Å². The molecule has 0 aliphatic carbocycles. The first-order chi connectivity index (χ1) is 12.9. The van der Waals surface area contributed by atoms with Gasteiger partial charge < -0.3 is 14.6 Å². The van der Waals surface area contributed by atoms with E-state index in [4.69, 9.17) is 27.9 Å². The second-order valence-electron chi connectivity index (χ2n) is 5.86. The van der Waals surface area contributed by atoms with Crippen molar-refractivity contribution in [2.45, 2.75) is 20.4 Å². The number of nitrogens with zero attached hydrogens (tertiary/aromatic N) is 2. The van der Waals surface area contributed by atoms with E-state index in [9.17, 15) is 9.59 Å². The van der Waals surface area contributed by atoms with Crippen LogP contribution in [0.4, 0.5) is 5.82 Å². The molecular weight excluding hydrogens is 389 g/mol. The minimum absolute atomic E-state index is 0.169. The summed E-state index contributed by atoms with van der Waals surface area (Å²) in [6.45, 7) is 3.96. The number of para-hydroxylation sites is 1. The first-order valence-corrected chi connectivity index (χ1v) is 9.03. The molecule has 27 heavy (non-hydrogen) atoms. The summed E-state index contributed by atoms with van der Waals surface area (Å²) in [5.41, 5.74) is 1.95. The van der Waals surface area contributed by atoms with Crippen molar-refractivity contribution in [1.82, 2.24) is 9.55 Å². The number of pyridine rings is 1. The highest BCUT2D eigenvalue weighted by atomic mass is 35.5. The highest BCUT2D eigenvalue weighted by Gasteiger charge is 2.18. The Hall–Kier alpha value is -2.57. The van der Waals surface area contributed by atoms with Gasteiger partial charge in [0.15, 0.2) is 12.4 Å². The standard InChI is InChI=1S/C19H17Cl2N3O3/c1-3-24-9-13(12-6-4-5-7-15(12)24)19(26)27-10-16(25)23-18-17(21)11(2)14(20)8-22-18/h4-9H,3,10H2,1-2H3,(H,22,23,25). The molecule has 0 aliphatic heterocycles. The molecule has 1 aromatic carbocycles. The molecule has 3 aromatic rings. The van der Waals surface area contributed by atoms with Gasteiger partial charge >= 0.3 is 5.97 Å². The van der Waals surface area contributed by atoms with Gasteiger partial charge in [-0.1, -0.05) is 41.4 Å². The highest BCUT2D eigenvalue weighted by Crippen LogP contribution is 2.28. The summed E-state index contributed by atoms with van der Waals surface area (Å²) in [5, 5.41) is 3.94. The number of benzene rings is 1. The fourth-order valence-electron chi connectivity index (χ4n) is 2.69. The molecule has 2 heterocycles. The maximum atomic E-state index is 12.4. The zero-order valence-electron chi connectivity index (χ0n) is 14.8. The highest BCUT2D eigenvalue weighted by molar-refractivity contribution is 6.37. The van der Waals surface area contributed by atoms with Crippen LogP contribution in [0, 0.1) is 6.92 Å². The minimum atomic E-state index is -0.570. The van der Waals surface area contributed by atoms with Gasteiger partial charge in [-0.3, -0.25) is 4.79 Å². The molecule has 0 aliphatic rings. The molecule has 2 aromatic heterocycles. The van der Waals surface area contributed by atoms with E-state index >= 15 is 0 Å². The zero-order valence-corrected chi connectivity index (χ0v) is 16.3.